The van der Waals surface area contributed by atoms with Gasteiger partial charge in [0.2, 0.25) is 0 Å². The summed E-state index contributed by atoms with van der Waals surface area (Å²) in [5, 5.41) is 20.1. The van der Waals surface area contributed by atoms with Gasteiger partial charge < -0.3 is 20.4 Å². The van der Waals surface area contributed by atoms with Crippen molar-refractivity contribution in [3.8, 4) is 0 Å². The molecule has 0 aliphatic carbocycles. The lowest BCUT2D eigenvalue weighted by Crippen LogP contribution is -2.50. The summed E-state index contributed by atoms with van der Waals surface area (Å²) in [5.74, 6) is -1.04. The molecule has 0 rings (SSSR count). The van der Waals surface area contributed by atoms with Gasteiger partial charge in [-0.1, -0.05) is 6.92 Å². The molecule has 0 heterocycles. The van der Waals surface area contributed by atoms with Gasteiger partial charge in [-0.3, -0.25) is 0 Å². The third kappa shape index (κ3) is 5.53. The number of carboxylic acid groups (broad SMARTS) is 1. The van der Waals surface area contributed by atoms with Crippen LogP contribution in [0.3, 0.4) is 0 Å². The number of aliphatic hydroxyl groups is 1. The zero-order chi connectivity index (χ0) is 13.4. The molecule has 0 aliphatic rings. The van der Waals surface area contributed by atoms with E-state index in [-0.39, 0.29) is 12.6 Å². The quantitative estimate of drug-likeness (QED) is 0.615. The van der Waals surface area contributed by atoms with Crippen LogP contribution < -0.4 is 5.32 Å². The molecule has 0 spiro atoms. The molecule has 2 amide bonds. The molecule has 0 saturated carbocycles. The van der Waals surface area contributed by atoms with Crippen molar-refractivity contribution >= 4 is 12.0 Å². The number of carboxylic acids is 1. The molecular formula is C11H22N2O4. The molecule has 6 heteroatoms. The van der Waals surface area contributed by atoms with Crippen molar-refractivity contribution in [3.63, 3.8) is 0 Å². The summed E-state index contributed by atoms with van der Waals surface area (Å²) in [6.07, 6.45) is 0.822. The van der Waals surface area contributed by atoms with Crippen molar-refractivity contribution in [1.29, 1.82) is 0 Å². The van der Waals surface area contributed by atoms with Crippen LogP contribution in [-0.4, -0.2) is 52.3 Å². The Morgan fingerprint density at radius 1 is 1.35 bits per heavy atom. The van der Waals surface area contributed by atoms with Gasteiger partial charge in [0.05, 0.1) is 0 Å². The fourth-order valence-corrected chi connectivity index (χ4v) is 1.41. The Morgan fingerprint density at radius 2 is 1.94 bits per heavy atom. The maximum atomic E-state index is 11.8. The Labute approximate surface area is 102 Å². The molecule has 6 nitrogen and oxygen atoms in total. The lowest BCUT2D eigenvalue weighted by Gasteiger charge is -2.28. The van der Waals surface area contributed by atoms with Gasteiger partial charge in [-0.15, -0.1) is 0 Å². The van der Waals surface area contributed by atoms with Crippen LogP contribution in [0, 0.1) is 0 Å². The van der Waals surface area contributed by atoms with Crippen LogP contribution in [0.2, 0.25) is 0 Å². The second-order valence-corrected chi connectivity index (χ2v) is 4.11. The number of aliphatic hydroxyl groups excluding tert-OH is 1. The summed E-state index contributed by atoms with van der Waals surface area (Å²) in [7, 11) is 0. The Balaban J connectivity index is 4.45. The molecule has 100 valence electrons. The van der Waals surface area contributed by atoms with Crippen LogP contribution in [0.15, 0.2) is 0 Å². The number of urea groups is 1. The van der Waals surface area contributed by atoms with E-state index in [1.807, 2.05) is 13.8 Å². The van der Waals surface area contributed by atoms with E-state index in [2.05, 4.69) is 5.32 Å². The van der Waals surface area contributed by atoms with Gasteiger partial charge in [-0.25, -0.2) is 9.59 Å². The molecule has 0 aromatic heterocycles. The molecule has 0 fully saturated rings. The Morgan fingerprint density at radius 3 is 2.29 bits per heavy atom. The summed E-state index contributed by atoms with van der Waals surface area (Å²) in [6, 6.07) is -1.30. The van der Waals surface area contributed by atoms with Crippen LogP contribution in [0.25, 0.3) is 0 Å². The monoisotopic (exact) mass is 246 g/mol. The largest absolute Gasteiger partial charge is 0.480 e. The molecule has 0 aliphatic heterocycles. The number of nitrogens with one attached hydrogen (secondary N) is 1. The van der Waals surface area contributed by atoms with E-state index < -0.39 is 18.0 Å². The molecule has 0 aromatic carbocycles. The number of amides is 2. The maximum absolute atomic E-state index is 11.8. The fraction of sp³-hybridized carbons (Fsp3) is 0.818. The highest BCUT2D eigenvalue weighted by Crippen LogP contribution is 2.02. The Bertz CT molecular complexity index is 256. The second-order valence-electron chi connectivity index (χ2n) is 4.11. The first-order chi connectivity index (χ1) is 7.93. The molecule has 1 atom stereocenters. The van der Waals surface area contributed by atoms with Crippen molar-refractivity contribution in [3.05, 3.63) is 0 Å². The topological polar surface area (TPSA) is 89.9 Å². The third-order valence-corrected chi connectivity index (χ3v) is 2.45. The van der Waals surface area contributed by atoms with E-state index in [4.69, 9.17) is 10.2 Å². The molecule has 0 unspecified atom stereocenters. The first kappa shape index (κ1) is 15.7. The van der Waals surface area contributed by atoms with E-state index in [1.54, 1.807) is 6.92 Å². The Hall–Kier alpha value is -1.30. The molecule has 3 N–H and O–H groups in total. The van der Waals surface area contributed by atoms with E-state index in [0.717, 1.165) is 0 Å². The van der Waals surface area contributed by atoms with Crippen molar-refractivity contribution in [1.82, 2.24) is 10.2 Å². The smallest absolute Gasteiger partial charge is 0.326 e. The summed E-state index contributed by atoms with van der Waals surface area (Å²) >= 11 is 0. The number of rotatable bonds is 7. The van der Waals surface area contributed by atoms with Crippen LogP contribution in [0.5, 0.6) is 0 Å². The van der Waals surface area contributed by atoms with Crippen LogP contribution in [0.4, 0.5) is 4.79 Å². The number of hydrogen-bond acceptors (Lipinski definition) is 3. The normalized spacial score (nSPS) is 12.3. The highest BCUT2D eigenvalue weighted by atomic mass is 16.4. The SMILES string of the molecule is CC[C@H](NC(=O)N(CCCO)C(C)C)C(=O)O. The van der Waals surface area contributed by atoms with Crippen LogP contribution in [0.1, 0.15) is 33.6 Å². The minimum Gasteiger partial charge on any atom is -0.480 e. The van der Waals surface area contributed by atoms with E-state index >= 15 is 0 Å². The number of aliphatic carboxylic acids is 1. The van der Waals surface area contributed by atoms with Crippen LogP contribution >= 0.6 is 0 Å². The van der Waals surface area contributed by atoms with E-state index in [0.29, 0.717) is 19.4 Å². The van der Waals surface area contributed by atoms with Gasteiger partial charge in [0.25, 0.3) is 0 Å². The lowest BCUT2D eigenvalue weighted by molar-refractivity contribution is -0.139. The highest BCUT2D eigenvalue weighted by Gasteiger charge is 2.22. The Kier molecular flexibility index (Phi) is 7.29. The average molecular weight is 246 g/mol. The van der Waals surface area contributed by atoms with Crippen molar-refractivity contribution in [2.24, 2.45) is 0 Å². The molecular weight excluding hydrogens is 224 g/mol. The summed E-state index contributed by atoms with van der Waals surface area (Å²) in [6.45, 7) is 5.81. The van der Waals surface area contributed by atoms with Gasteiger partial charge in [0.1, 0.15) is 6.04 Å². The fourth-order valence-electron chi connectivity index (χ4n) is 1.41. The molecule has 0 bridgehead atoms. The lowest BCUT2D eigenvalue weighted by atomic mass is 10.2. The molecule has 0 saturated heterocycles. The first-order valence-corrected chi connectivity index (χ1v) is 5.84. The van der Waals surface area contributed by atoms with Gasteiger partial charge in [-0.2, -0.15) is 0 Å². The summed E-state index contributed by atoms with van der Waals surface area (Å²) in [5.41, 5.74) is 0. The zero-order valence-electron chi connectivity index (χ0n) is 10.6. The third-order valence-electron chi connectivity index (χ3n) is 2.45. The summed E-state index contributed by atoms with van der Waals surface area (Å²) < 4.78 is 0. The maximum Gasteiger partial charge on any atom is 0.326 e. The molecule has 0 radical (unpaired) electrons. The van der Waals surface area contributed by atoms with Gasteiger partial charge in [-0.05, 0) is 26.7 Å². The number of hydrogen-bond donors (Lipinski definition) is 3. The minimum absolute atomic E-state index is 0.00658. The van der Waals surface area contributed by atoms with Crippen molar-refractivity contribution in [2.45, 2.75) is 45.7 Å². The zero-order valence-corrected chi connectivity index (χ0v) is 10.6. The first-order valence-electron chi connectivity index (χ1n) is 5.84. The summed E-state index contributed by atoms with van der Waals surface area (Å²) in [4.78, 5) is 24.1. The van der Waals surface area contributed by atoms with Gasteiger partial charge >= 0.3 is 12.0 Å². The predicted molar refractivity (Wildman–Crippen MR) is 63.8 cm³/mol. The van der Waals surface area contributed by atoms with Gasteiger partial charge in [0.15, 0.2) is 0 Å². The van der Waals surface area contributed by atoms with Crippen molar-refractivity contribution in [2.75, 3.05) is 13.2 Å². The van der Waals surface area contributed by atoms with Gasteiger partial charge in [0, 0.05) is 19.2 Å². The number of nitrogens with zero attached hydrogens (tertiary/aromatic N) is 1. The van der Waals surface area contributed by atoms with E-state index in [1.165, 1.54) is 4.90 Å². The second kappa shape index (κ2) is 7.89. The van der Waals surface area contributed by atoms with Crippen molar-refractivity contribution < 1.29 is 19.8 Å². The minimum atomic E-state index is -1.04. The number of carbonyl (C=O) groups excluding carboxylic acids is 1. The standard InChI is InChI=1S/C11H22N2O4/c1-4-9(10(15)16)12-11(17)13(8(2)3)6-5-7-14/h8-9,14H,4-7H2,1-3H3,(H,12,17)(H,15,16)/t9-/m0/s1. The highest BCUT2D eigenvalue weighted by molar-refractivity contribution is 5.82. The molecule has 17 heavy (non-hydrogen) atoms. The average Bonchev–Trinajstić information content (AvgIpc) is 2.25. The molecule has 0 aromatic rings. The van der Waals surface area contributed by atoms with Crippen LogP contribution in [-0.2, 0) is 4.79 Å². The number of carbonyl (C=O) groups is 2. The predicted octanol–water partition coefficient (Wildman–Crippen LogP) is 0.652. The van der Waals surface area contributed by atoms with E-state index in [9.17, 15) is 9.59 Å².